The van der Waals surface area contributed by atoms with Crippen molar-refractivity contribution in [2.24, 2.45) is 0 Å². The SMILES string of the molecule is CC[C@H](C)c1ccc(NC(=O)COc2ccccc2OC)cc1. The van der Waals surface area contributed by atoms with Gasteiger partial charge in [0.05, 0.1) is 7.11 Å². The van der Waals surface area contributed by atoms with Crippen LogP contribution in [0.1, 0.15) is 31.7 Å². The minimum Gasteiger partial charge on any atom is -0.493 e. The molecule has 0 aromatic heterocycles. The van der Waals surface area contributed by atoms with E-state index in [4.69, 9.17) is 9.47 Å². The van der Waals surface area contributed by atoms with E-state index >= 15 is 0 Å². The number of methoxy groups -OCH3 is 1. The number of para-hydroxylation sites is 2. The highest BCUT2D eigenvalue weighted by Gasteiger charge is 2.08. The number of hydrogen-bond donors (Lipinski definition) is 1. The Labute approximate surface area is 137 Å². The Morgan fingerprint density at radius 3 is 2.35 bits per heavy atom. The predicted octanol–water partition coefficient (Wildman–Crippen LogP) is 4.23. The maximum atomic E-state index is 12.0. The summed E-state index contributed by atoms with van der Waals surface area (Å²) < 4.78 is 10.7. The minimum atomic E-state index is -0.202. The van der Waals surface area contributed by atoms with Crippen LogP contribution in [0, 0.1) is 0 Å². The van der Waals surface area contributed by atoms with Crippen molar-refractivity contribution in [1.29, 1.82) is 0 Å². The van der Waals surface area contributed by atoms with Crippen molar-refractivity contribution in [3.63, 3.8) is 0 Å². The van der Waals surface area contributed by atoms with Crippen LogP contribution in [0.5, 0.6) is 11.5 Å². The van der Waals surface area contributed by atoms with Gasteiger partial charge in [0, 0.05) is 5.69 Å². The lowest BCUT2D eigenvalue weighted by Gasteiger charge is -2.12. The molecule has 4 heteroatoms. The number of rotatable bonds is 7. The lowest BCUT2D eigenvalue weighted by molar-refractivity contribution is -0.118. The van der Waals surface area contributed by atoms with Gasteiger partial charge in [-0.15, -0.1) is 0 Å². The number of amides is 1. The van der Waals surface area contributed by atoms with E-state index < -0.39 is 0 Å². The lowest BCUT2D eigenvalue weighted by Crippen LogP contribution is -2.20. The maximum Gasteiger partial charge on any atom is 0.262 e. The fourth-order valence-electron chi connectivity index (χ4n) is 2.21. The van der Waals surface area contributed by atoms with Crippen LogP contribution < -0.4 is 14.8 Å². The first-order valence-electron chi connectivity index (χ1n) is 7.79. The Bertz CT molecular complexity index is 637. The van der Waals surface area contributed by atoms with Crippen molar-refractivity contribution >= 4 is 11.6 Å². The van der Waals surface area contributed by atoms with E-state index in [-0.39, 0.29) is 12.5 Å². The van der Waals surface area contributed by atoms with Gasteiger partial charge in [-0.1, -0.05) is 38.1 Å². The number of carbonyl (C=O) groups excluding carboxylic acids is 1. The average Bonchev–Trinajstić information content (AvgIpc) is 2.60. The van der Waals surface area contributed by atoms with E-state index in [1.807, 2.05) is 36.4 Å². The van der Waals surface area contributed by atoms with Crippen LogP contribution in [0.25, 0.3) is 0 Å². The van der Waals surface area contributed by atoms with Crippen molar-refractivity contribution < 1.29 is 14.3 Å². The van der Waals surface area contributed by atoms with Gasteiger partial charge in [0.15, 0.2) is 18.1 Å². The number of anilines is 1. The zero-order chi connectivity index (χ0) is 16.7. The number of nitrogens with one attached hydrogen (secondary N) is 1. The monoisotopic (exact) mass is 313 g/mol. The molecule has 0 radical (unpaired) electrons. The number of benzene rings is 2. The smallest absolute Gasteiger partial charge is 0.262 e. The first-order chi connectivity index (χ1) is 11.1. The molecule has 0 aliphatic carbocycles. The molecule has 0 spiro atoms. The predicted molar refractivity (Wildman–Crippen MR) is 92.3 cm³/mol. The van der Waals surface area contributed by atoms with Gasteiger partial charge < -0.3 is 14.8 Å². The number of hydrogen-bond acceptors (Lipinski definition) is 3. The highest BCUT2D eigenvalue weighted by molar-refractivity contribution is 5.91. The molecule has 0 unspecified atom stereocenters. The van der Waals surface area contributed by atoms with E-state index in [0.29, 0.717) is 17.4 Å². The van der Waals surface area contributed by atoms with Crippen molar-refractivity contribution in [1.82, 2.24) is 0 Å². The summed E-state index contributed by atoms with van der Waals surface area (Å²) in [5.74, 6) is 1.48. The van der Waals surface area contributed by atoms with E-state index in [0.717, 1.165) is 12.1 Å². The van der Waals surface area contributed by atoms with Crippen LogP contribution in [-0.2, 0) is 4.79 Å². The van der Waals surface area contributed by atoms with Gasteiger partial charge in [-0.2, -0.15) is 0 Å². The zero-order valence-corrected chi connectivity index (χ0v) is 13.8. The summed E-state index contributed by atoms with van der Waals surface area (Å²) in [5, 5.41) is 2.83. The van der Waals surface area contributed by atoms with E-state index in [1.165, 1.54) is 5.56 Å². The van der Waals surface area contributed by atoms with Crippen LogP contribution in [0.2, 0.25) is 0 Å². The van der Waals surface area contributed by atoms with E-state index in [1.54, 1.807) is 19.2 Å². The third kappa shape index (κ3) is 4.74. The molecule has 0 saturated heterocycles. The normalized spacial score (nSPS) is 11.6. The van der Waals surface area contributed by atoms with E-state index in [2.05, 4.69) is 19.2 Å². The summed E-state index contributed by atoms with van der Waals surface area (Å²) in [6.07, 6.45) is 1.10. The quantitative estimate of drug-likeness (QED) is 0.832. The third-order valence-corrected chi connectivity index (χ3v) is 3.80. The van der Waals surface area contributed by atoms with Gasteiger partial charge in [-0.3, -0.25) is 4.79 Å². The van der Waals surface area contributed by atoms with Gasteiger partial charge in [0.1, 0.15) is 0 Å². The Kier molecular flexibility index (Phi) is 6.03. The fraction of sp³-hybridized carbons (Fsp3) is 0.316. The zero-order valence-electron chi connectivity index (χ0n) is 13.8. The maximum absolute atomic E-state index is 12.0. The Hall–Kier alpha value is -2.49. The summed E-state index contributed by atoms with van der Waals surface area (Å²) in [5.41, 5.74) is 2.04. The minimum absolute atomic E-state index is 0.0620. The summed E-state index contributed by atoms with van der Waals surface area (Å²) in [4.78, 5) is 12.0. The largest absolute Gasteiger partial charge is 0.493 e. The lowest BCUT2D eigenvalue weighted by atomic mass is 9.99. The molecule has 2 rings (SSSR count). The molecule has 23 heavy (non-hydrogen) atoms. The second-order valence-corrected chi connectivity index (χ2v) is 5.42. The second kappa shape index (κ2) is 8.22. The summed E-state index contributed by atoms with van der Waals surface area (Å²) in [6.45, 7) is 4.29. The molecule has 0 heterocycles. The van der Waals surface area contributed by atoms with Crippen molar-refractivity contribution in [3.05, 3.63) is 54.1 Å². The van der Waals surface area contributed by atoms with E-state index in [9.17, 15) is 4.79 Å². The Balaban J connectivity index is 1.89. The highest BCUT2D eigenvalue weighted by atomic mass is 16.5. The van der Waals surface area contributed by atoms with Crippen molar-refractivity contribution in [2.45, 2.75) is 26.2 Å². The topological polar surface area (TPSA) is 47.6 Å². The molecule has 1 N–H and O–H groups in total. The molecule has 1 amide bonds. The average molecular weight is 313 g/mol. The molecule has 0 aliphatic rings. The molecule has 2 aromatic carbocycles. The first-order valence-corrected chi connectivity index (χ1v) is 7.79. The standard InChI is InChI=1S/C19H23NO3/c1-4-14(2)15-9-11-16(12-10-15)20-19(21)13-23-18-8-6-5-7-17(18)22-3/h5-12,14H,4,13H2,1-3H3,(H,20,21)/t14-/m0/s1. The van der Waals surface area contributed by atoms with Gasteiger partial charge in [0.25, 0.3) is 5.91 Å². The second-order valence-electron chi connectivity index (χ2n) is 5.42. The van der Waals surface area contributed by atoms with Gasteiger partial charge in [-0.05, 0) is 42.2 Å². The molecule has 0 saturated carbocycles. The van der Waals surface area contributed by atoms with Crippen LogP contribution in [0.3, 0.4) is 0 Å². The molecular formula is C19H23NO3. The fourth-order valence-corrected chi connectivity index (χ4v) is 2.21. The molecule has 4 nitrogen and oxygen atoms in total. The third-order valence-electron chi connectivity index (χ3n) is 3.80. The number of ether oxygens (including phenoxy) is 2. The molecular weight excluding hydrogens is 290 g/mol. The summed E-state index contributed by atoms with van der Waals surface area (Å²) >= 11 is 0. The van der Waals surface area contributed by atoms with Crippen LogP contribution in [0.4, 0.5) is 5.69 Å². The molecule has 0 aliphatic heterocycles. The Morgan fingerprint density at radius 2 is 1.74 bits per heavy atom. The van der Waals surface area contributed by atoms with Gasteiger partial charge in [-0.25, -0.2) is 0 Å². The Morgan fingerprint density at radius 1 is 1.09 bits per heavy atom. The molecule has 122 valence electrons. The van der Waals surface area contributed by atoms with Crippen LogP contribution in [0.15, 0.2) is 48.5 Å². The van der Waals surface area contributed by atoms with Crippen molar-refractivity contribution in [2.75, 3.05) is 19.0 Å². The van der Waals surface area contributed by atoms with Gasteiger partial charge in [0.2, 0.25) is 0 Å². The number of carbonyl (C=O) groups is 1. The van der Waals surface area contributed by atoms with Gasteiger partial charge >= 0.3 is 0 Å². The molecule has 0 fully saturated rings. The van der Waals surface area contributed by atoms with Crippen LogP contribution >= 0.6 is 0 Å². The molecule has 0 bridgehead atoms. The summed E-state index contributed by atoms with van der Waals surface area (Å²) in [6, 6.07) is 15.2. The van der Waals surface area contributed by atoms with Crippen LogP contribution in [-0.4, -0.2) is 19.6 Å². The molecule has 1 atom stereocenters. The highest BCUT2D eigenvalue weighted by Crippen LogP contribution is 2.25. The summed E-state index contributed by atoms with van der Waals surface area (Å²) in [7, 11) is 1.57. The van der Waals surface area contributed by atoms with Crippen molar-refractivity contribution in [3.8, 4) is 11.5 Å². The first kappa shape index (κ1) is 16.9. The molecule has 2 aromatic rings.